The van der Waals surface area contributed by atoms with Crippen LogP contribution in [-0.4, -0.2) is 0 Å². The Balaban J connectivity index is 1.87. The van der Waals surface area contributed by atoms with E-state index in [4.69, 9.17) is 0 Å². The first-order chi connectivity index (χ1) is 14.1. The lowest BCUT2D eigenvalue weighted by Crippen LogP contribution is -2.66. The molecule has 0 radical (unpaired) electrons. The molecule has 0 aromatic carbocycles. The predicted molar refractivity (Wildman–Crippen MR) is 132 cm³/mol. The number of fused-ring (bicyclic) bond motifs is 1. The molecular weight excluding hydrogens is 360 g/mol. The third-order valence-corrected chi connectivity index (χ3v) is 12.9. The van der Waals surface area contributed by atoms with Crippen LogP contribution in [0.4, 0.5) is 0 Å². The van der Waals surface area contributed by atoms with Crippen LogP contribution in [-0.2, 0) is 0 Å². The molecule has 0 amide bonds. The van der Waals surface area contributed by atoms with Crippen molar-refractivity contribution in [2.75, 3.05) is 0 Å². The second-order valence-corrected chi connectivity index (χ2v) is 14.0. The fraction of sp³-hybridized carbons (Fsp3) is 1.00. The Morgan fingerprint density at radius 1 is 0.500 bits per heavy atom. The van der Waals surface area contributed by atoms with E-state index in [9.17, 15) is 0 Å². The van der Waals surface area contributed by atoms with Crippen LogP contribution >= 0.6 is 0 Å². The second kappa shape index (κ2) is 8.09. The molecule has 0 saturated heterocycles. The van der Waals surface area contributed by atoms with Gasteiger partial charge < -0.3 is 0 Å². The third kappa shape index (κ3) is 3.19. The summed E-state index contributed by atoms with van der Waals surface area (Å²) in [5, 5.41) is 0. The highest BCUT2D eigenvalue weighted by Gasteiger charge is 2.68. The van der Waals surface area contributed by atoms with Crippen LogP contribution in [0.25, 0.3) is 0 Å². The fourth-order valence-corrected chi connectivity index (χ4v) is 10.4. The minimum atomic E-state index is 0.422. The molecule has 0 aliphatic heterocycles. The number of hydrogen-bond acceptors (Lipinski definition) is 0. The van der Waals surface area contributed by atoms with Crippen molar-refractivity contribution in [1.82, 2.24) is 0 Å². The van der Waals surface area contributed by atoms with E-state index in [1.165, 1.54) is 109 Å². The molecule has 4 rings (SSSR count). The summed E-state index contributed by atoms with van der Waals surface area (Å²) >= 11 is 0. The molecule has 0 heteroatoms. The normalized spacial score (nSPS) is 34.2. The van der Waals surface area contributed by atoms with E-state index in [1.807, 2.05) is 0 Å². The fourth-order valence-electron chi connectivity index (χ4n) is 10.4. The van der Waals surface area contributed by atoms with Crippen molar-refractivity contribution in [3.8, 4) is 0 Å². The summed E-state index contributed by atoms with van der Waals surface area (Å²) in [6, 6.07) is 0. The maximum Gasteiger partial charge on any atom is -0.0154 e. The second-order valence-electron chi connectivity index (χ2n) is 14.0. The summed E-state index contributed by atoms with van der Waals surface area (Å²) in [5.41, 5.74) is 2.39. The van der Waals surface area contributed by atoms with Gasteiger partial charge in [0.25, 0.3) is 0 Å². The van der Waals surface area contributed by atoms with Crippen LogP contribution < -0.4 is 0 Å². The Morgan fingerprint density at radius 2 is 0.933 bits per heavy atom. The lowest BCUT2D eigenvalue weighted by atomic mass is 9.32. The van der Waals surface area contributed by atoms with Gasteiger partial charge in [-0.05, 0) is 77.4 Å². The summed E-state index contributed by atoms with van der Waals surface area (Å²) in [6.07, 6.45) is 25.4. The summed E-state index contributed by atoms with van der Waals surface area (Å²) < 4.78 is 0. The van der Waals surface area contributed by atoms with E-state index in [1.54, 1.807) is 0 Å². The zero-order chi connectivity index (χ0) is 21.7. The summed E-state index contributed by atoms with van der Waals surface area (Å²) in [4.78, 5) is 0. The van der Waals surface area contributed by atoms with Gasteiger partial charge in [-0.1, -0.05) is 112 Å². The maximum absolute atomic E-state index is 2.79. The Bertz CT molecular complexity index is 543. The van der Waals surface area contributed by atoms with E-state index < -0.39 is 0 Å². The lowest BCUT2D eigenvalue weighted by molar-refractivity contribution is -0.244. The minimum Gasteiger partial charge on any atom is -0.0591 e. The largest absolute Gasteiger partial charge is 0.0591 e. The molecule has 0 N–H and O–H groups in total. The molecule has 0 nitrogen and oxygen atoms in total. The lowest BCUT2D eigenvalue weighted by Gasteiger charge is -2.73. The van der Waals surface area contributed by atoms with Gasteiger partial charge >= 0.3 is 0 Å². The van der Waals surface area contributed by atoms with Gasteiger partial charge in [-0.2, -0.15) is 0 Å². The van der Waals surface area contributed by atoms with E-state index in [-0.39, 0.29) is 0 Å². The molecule has 0 bridgehead atoms. The molecule has 4 saturated carbocycles. The predicted octanol–water partition coefficient (Wildman–Crippen LogP) is 9.96. The van der Waals surface area contributed by atoms with E-state index in [0.717, 1.165) is 11.8 Å². The van der Waals surface area contributed by atoms with Gasteiger partial charge in [-0.25, -0.2) is 0 Å². The minimum absolute atomic E-state index is 0.422. The van der Waals surface area contributed by atoms with Crippen LogP contribution in [0.5, 0.6) is 0 Å². The zero-order valence-electron chi connectivity index (χ0n) is 21.7. The molecule has 2 atom stereocenters. The van der Waals surface area contributed by atoms with Crippen molar-refractivity contribution in [2.45, 2.75) is 151 Å². The van der Waals surface area contributed by atoms with Crippen molar-refractivity contribution in [3.05, 3.63) is 0 Å². The number of hydrogen-bond donors (Lipinski definition) is 0. The Labute approximate surface area is 189 Å². The van der Waals surface area contributed by atoms with Crippen molar-refractivity contribution in [3.63, 3.8) is 0 Å². The van der Waals surface area contributed by atoms with Crippen molar-refractivity contribution >= 4 is 0 Å². The molecule has 0 aromatic rings. The molecular formula is C30H54. The van der Waals surface area contributed by atoms with E-state index in [2.05, 4.69) is 41.5 Å². The van der Waals surface area contributed by atoms with Crippen LogP contribution in [0.15, 0.2) is 0 Å². The first kappa shape index (κ1) is 23.2. The molecule has 4 aliphatic rings. The monoisotopic (exact) mass is 414 g/mol. The Kier molecular flexibility index (Phi) is 6.25. The van der Waals surface area contributed by atoms with Crippen molar-refractivity contribution < 1.29 is 0 Å². The van der Waals surface area contributed by atoms with Gasteiger partial charge in [0.1, 0.15) is 0 Å². The zero-order valence-corrected chi connectivity index (χ0v) is 21.7. The molecule has 0 spiro atoms. The smallest absolute Gasteiger partial charge is 0.0154 e. The summed E-state index contributed by atoms with van der Waals surface area (Å²) in [5.74, 6) is 1.99. The number of rotatable bonds is 4. The summed E-state index contributed by atoms with van der Waals surface area (Å²) in [6.45, 7) is 16.7. The SMILES string of the molecule is CC1(C(C)(C)C2(C(C)(C)C3(C)CCCCC3)CCCC3CCCCC32)CCCCC1. The highest BCUT2D eigenvalue weighted by molar-refractivity contribution is 5.17. The Hall–Kier alpha value is 0. The molecule has 30 heavy (non-hydrogen) atoms. The summed E-state index contributed by atoms with van der Waals surface area (Å²) in [7, 11) is 0. The van der Waals surface area contributed by atoms with Gasteiger partial charge in [-0.3, -0.25) is 0 Å². The molecule has 2 unspecified atom stereocenters. The molecule has 4 aliphatic carbocycles. The van der Waals surface area contributed by atoms with Crippen LogP contribution in [0.3, 0.4) is 0 Å². The highest BCUT2D eigenvalue weighted by atomic mass is 14.7. The Morgan fingerprint density at radius 3 is 1.43 bits per heavy atom. The quantitative estimate of drug-likeness (QED) is 0.429. The molecule has 174 valence electrons. The topological polar surface area (TPSA) is 0 Å². The van der Waals surface area contributed by atoms with Gasteiger partial charge in [0, 0.05) is 0 Å². The first-order valence-corrected chi connectivity index (χ1v) is 14.1. The molecule has 0 heterocycles. The average Bonchev–Trinajstić information content (AvgIpc) is 2.74. The van der Waals surface area contributed by atoms with Crippen LogP contribution in [0.2, 0.25) is 0 Å². The molecule has 4 fully saturated rings. The van der Waals surface area contributed by atoms with Crippen molar-refractivity contribution in [1.29, 1.82) is 0 Å². The standard InChI is InChI=1S/C30H54/c1-26(2,28(5)19-11-7-12-20-28)30(23-15-17-24-16-9-10-18-25(24)30)27(3,4)29(6)21-13-8-14-22-29/h24-25H,7-23H2,1-6H3. The first-order valence-electron chi connectivity index (χ1n) is 14.1. The van der Waals surface area contributed by atoms with Crippen LogP contribution in [0.1, 0.15) is 151 Å². The van der Waals surface area contributed by atoms with E-state index in [0.29, 0.717) is 27.1 Å². The highest BCUT2D eigenvalue weighted by Crippen LogP contribution is 2.76. The third-order valence-electron chi connectivity index (χ3n) is 12.9. The van der Waals surface area contributed by atoms with Gasteiger partial charge in [0.2, 0.25) is 0 Å². The maximum atomic E-state index is 2.79. The van der Waals surface area contributed by atoms with Crippen molar-refractivity contribution in [2.24, 2.45) is 38.9 Å². The van der Waals surface area contributed by atoms with E-state index >= 15 is 0 Å². The average molecular weight is 415 g/mol. The van der Waals surface area contributed by atoms with Gasteiger partial charge in [-0.15, -0.1) is 0 Å². The van der Waals surface area contributed by atoms with Gasteiger partial charge in [0.05, 0.1) is 0 Å². The van der Waals surface area contributed by atoms with Gasteiger partial charge in [0.15, 0.2) is 0 Å². The van der Waals surface area contributed by atoms with Crippen LogP contribution in [0, 0.1) is 38.9 Å². The molecule has 0 aromatic heterocycles.